The lowest BCUT2D eigenvalue weighted by Gasteiger charge is -2.20. The Bertz CT molecular complexity index is 1010. The summed E-state index contributed by atoms with van der Waals surface area (Å²) in [5, 5.41) is 7.33. The SMILES string of the molecule is COc1cc(F)cc(CNC(=O)[C@H]2CCO[C@@H]2c2ccnn2Cc2ccccc2)c1. The van der Waals surface area contributed by atoms with Gasteiger partial charge in [-0.1, -0.05) is 30.3 Å². The van der Waals surface area contributed by atoms with Crippen LogP contribution >= 0.6 is 0 Å². The van der Waals surface area contributed by atoms with Gasteiger partial charge in [0, 0.05) is 25.4 Å². The minimum absolute atomic E-state index is 0.117. The lowest BCUT2D eigenvalue weighted by atomic mass is 9.97. The Morgan fingerprint density at radius 2 is 2.07 bits per heavy atom. The highest BCUT2D eigenvalue weighted by atomic mass is 19.1. The van der Waals surface area contributed by atoms with Gasteiger partial charge in [0.15, 0.2) is 0 Å². The first-order valence-corrected chi connectivity index (χ1v) is 9.92. The second-order valence-electron chi connectivity index (χ2n) is 7.30. The first-order chi connectivity index (χ1) is 14.6. The quantitative estimate of drug-likeness (QED) is 0.649. The highest BCUT2D eigenvalue weighted by molar-refractivity contribution is 5.79. The number of benzene rings is 2. The molecular weight excluding hydrogens is 385 g/mol. The average molecular weight is 409 g/mol. The van der Waals surface area contributed by atoms with Crippen LogP contribution in [0.15, 0.2) is 60.8 Å². The second kappa shape index (κ2) is 9.09. The van der Waals surface area contributed by atoms with E-state index >= 15 is 0 Å². The van der Waals surface area contributed by atoms with Crippen molar-refractivity contribution in [1.29, 1.82) is 0 Å². The number of aromatic nitrogens is 2. The number of nitrogens with one attached hydrogen (secondary N) is 1. The largest absolute Gasteiger partial charge is 0.497 e. The number of methoxy groups -OCH3 is 1. The molecule has 0 aliphatic carbocycles. The molecule has 156 valence electrons. The van der Waals surface area contributed by atoms with Crippen LogP contribution in [0.1, 0.15) is 29.3 Å². The van der Waals surface area contributed by atoms with E-state index in [0.717, 1.165) is 11.3 Å². The summed E-state index contributed by atoms with van der Waals surface area (Å²) in [6, 6.07) is 16.3. The Labute approximate surface area is 174 Å². The summed E-state index contributed by atoms with van der Waals surface area (Å²) in [6.45, 7) is 1.34. The van der Waals surface area contributed by atoms with Gasteiger partial charge in [0.25, 0.3) is 0 Å². The highest BCUT2D eigenvalue weighted by Crippen LogP contribution is 2.35. The molecule has 1 amide bonds. The topological polar surface area (TPSA) is 65.4 Å². The Hall–Kier alpha value is -3.19. The third kappa shape index (κ3) is 4.52. The van der Waals surface area contributed by atoms with Crippen LogP contribution < -0.4 is 10.1 Å². The van der Waals surface area contributed by atoms with Crippen molar-refractivity contribution in [3.05, 3.63) is 83.4 Å². The second-order valence-corrected chi connectivity index (χ2v) is 7.30. The first-order valence-electron chi connectivity index (χ1n) is 9.92. The van der Waals surface area contributed by atoms with Crippen LogP contribution in [0.4, 0.5) is 4.39 Å². The fourth-order valence-corrected chi connectivity index (χ4v) is 3.78. The molecule has 1 aliphatic heterocycles. The number of amides is 1. The fourth-order valence-electron chi connectivity index (χ4n) is 3.78. The fraction of sp³-hybridized carbons (Fsp3) is 0.304. The molecule has 2 atom stereocenters. The number of ether oxygens (including phenoxy) is 2. The van der Waals surface area contributed by atoms with Crippen LogP contribution in [0.3, 0.4) is 0 Å². The molecule has 1 N–H and O–H groups in total. The highest BCUT2D eigenvalue weighted by Gasteiger charge is 2.37. The van der Waals surface area contributed by atoms with E-state index in [2.05, 4.69) is 10.4 Å². The third-order valence-corrected chi connectivity index (χ3v) is 5.28. The van der Waals surface area contributed by atoms with Gasteiger partial charge in [0.1, 0.15) is 17.7 Å². The van der Waals surface area contributed by atoms with Crippen molar-refractivity contribution in [1.82, 2.24) is 15.1 Å². The molecule has 0 saturated carbocycles. The van der Waals surface area contributed by atoms with Crippen LogP contribution in [0.2, 0.25) is 0 Å². The number of carbonyl (C=O) groups is 1. The number of hydrogen-bond donors (Lipinski definition) is 1. The normalized spacial score (nSPS) is 18.3. The maximum absolute atomic E-state index is 13.7. The van der Waals surface area contributed by atoms with Crippen LogP contribution in [0.5, 0.6) is 5.75 Å². The van der Waals surface area contributed by atoms with Crippen molar-refractivity contribution in [3.8, 4) is 5.75 Å². The van der Waals surface area contributed by atoms with Gasteiger partial charge in [0.05, 0.1) is 25.3 Å². The standard InChI is InChI=1S/C23H24FN3O3/c1-29-19-12-17(11-18(24)13-19)14-25-23(28)20-8-10-30-22(20)21-7-9-26-27(21)15-16-5-3-2-4-6-16/h2-7,9,11-13,20,22H,8,10,14-15H2,1H3,(H,25,28)/t20-,22-/m0/s1. The van der Waals surface area contributed by atoms with E-state index in [4.69, 9.17) is 9.47 Å². The van der Waals surface area contributed by atoms with E-state index in [1.807, 2.05) is 41.1 Å². The van der Waals surface area contributed by atoms with Gasteiger partial charge in [-0.2, -0.15) is 5.10 Å². The lowest BCUT2D eigenvalue weighted by Crippen LogP contribution is -2.32. The van der Waals surface area contributed by atoms with Crippen molar-refractivity contribution in [2.24, 2.45) is 5.92 Å². The molecule has 4 rings (SSSR count). The average Bonchev–Trinajstić information content (AvgIpc) is 3.41. The number of halogens is 1. The molecule has 1 fully saturated rings. The molecule has 2 heterocycles. The number of carbonyl (C=O) groups excluding carboxylic acids is 1. The number of nitrogens with zero attached hydrogens (tertiary/aromatic N) is 2. The van der Waals surface area contributed by atoms with Gasteiger partial charge in [-0.25, -0.2) is 4.39 Å². The van der Waals surface area contributed by atoms with Crippen molar-refractivity contribution < 1.29 is 18.7 Å². The monoisotopic (exact) mass is 409 g/mol. The predicted octanol–water partition coefficient (Wildman–Crippen LogP) is 3.47. The van der Waals surface area contributed by atoms with E-state index in [0.29, 0.717) is 30.9 Å². The summed E-state index contributed by atoms with van der Waals surface area (Å²) in [4.78, 5) is 12.9. The molecule has 6 nitrogen and oxygen atoms in total. The lowest BCUT2D eigenvalue weighted by molar-refractivity contribution is -0.127. The molecule has 0 radical (unpaired) electrons. The maximum atomic E-state index is 13.7. The summed E-state index contributed by atoms with van der Waals surface area (Å²) in [6.07, 6.45) is 1.99. The Balaban J connectivity index is 1.45. The smallest absolute Gasteiger partial charge is 0.226 e. The summed E-state index contributed by atoms with van der Waals surface area (Å²) in [5.74, 6) is -0.420. The number of rotatable bonds is 7. The summed E-state index contributed by atoms with van der Waals surface area (Å²) in [5.41, 5.74) is 2.65. The van der Waals surface area contributed by atoms with Gasteiger partial charge in [-0.05, 0) is 35.7 Å². The van der Waals surface area contributed by atoms with Gasteiger partial charge in [0.2, 0.25) is 5.91 Å². The van der Waals surface area contributed by atoms with Crippen molar-refractivity contribution >= 4 is 5.91 Å². The van der Waals surface area contributed by atoms with Gasteiger partial charge < -0.3 is 14.8 Å². The molecule has 1 saturated heterocycles. The zero-order chi connectivity index (χ0) is 20.9. The predicted molar refractivity (Wildman–Crippen MR) is 109 cm³/mol. The third-order valence-electron chi connectivity index (χ3n) is 5.28. The minimum atomic E-state index is -0.398. The molecule has 30 heavy (non-hydrogen) atoms. The molecule has 2 aromatic carbocycles. The molecule has 0 spiro atoms. The van der Waals surface area contributed by atoms with E-state index in [-0.39, 0.29) is 24.5 Å². The first kappa shape index (κ1) is 20.1. The van der Waals surface area contributed by atoms with E-state index in [1.165, 1.54) is 19.2 Å². The van der Waals surface area contributed by atoms with Gasteiger partial charge >= 0.3 is 0 Å². The molecule has 7 heteroatoms. The van der Waals surface area contributed by atoms with Crippen LogP contribution in [-0.2, 0) is 22.6 Å². The van der Waals surface area contributed by atoms with Gasteiger partial charge in [-0.3, -0.25) is 9.48 Å². The molecule has 0 unspecified atom stereocenters. The Morgan fingerprint density at radius 3 is 2.87 bits per heavy atom. The molecule has 1 aliphatic rings. The van der Waals surface area contributed by atoms with E-state index in [1.54, 1.807) is 12.3 Å². The molecular formula is C23H24FN3O3. The van der Waals surface area contributed by atoms with Gasteiger partial charge in [-0.15, -0.1) is 0 Å². The number of hydrogen-bond acceptors (Lipinski definition) is 4. The Morgan fingerprint density at radius 1 is 1.23 bits per heavy atom. The zero-order valence-corrected chi connectivity index (χ0v) is 16.8. The summed E-state index contributed by atoms with van der Waals surface area (Å²) < 4.78 is 26.6. The minimum Gasteiger partial charge on any atom is -0.497 e. The Kier molecular flexibility index (Phi) is 6.09. The van der Waals surface area contributed by atoms with Crippen molar-refractivity contribution in [2.75, 3.05) is 13.7 Å². The summed E-state index contributed by atoms with van der Waals surface area (Å²) in [7, 11) is 1.48. The molecule has 3 aromatic rings. The van der Waals surface area contributed by atoms with Crippen LogP contribution in [0.25, 0.3) is 0 Å². The maximum Gasteiger partial charge on any atom is 0.226 e. The van der Waals surface area contributed by atoms with E-state index in [9.17, 15) is 9.18 Å². The van der Waals surface area contributed by atoms with Crippen molar-refractivity contribution in [2.45, 2.75) is 25.6 Å². The molecule has 0 bridgehead atoms. The summed E-state index contributed by atoms with van der Waals surface area (Å²) >= 11 is 0. The zero-order valence-electron chi connectivity index (χ0n) is 16.8. The van der Waals surface area contributed by atoms with Crippen LogP contribution in [0, 0.1) is 11.7 Å². The van der Waals surface area contributed by atoms with Crippen molar-refractivity contribution in [3.63, 3.8) is 0 Å². The molecule has 1 aromatic heterocycles. The van der Waals surface area contributed by atoms with E-state index < -0.39 is 5.82 Å². The van der Waals surface area contributed by atoms with Crippen LogP contribution in [-0.4, -0.2) is 29.4 Å².